The fourth-order valence-electron chi connectivity index (χ4n) is 2.19. The summed E-state index contributed by atoms with van der Waals surface area (Å²) in [5.74, 6) is 1.55. The van der Waals surface area contributed by atoms with Crippen molar-refractivity contribution < 1.29 is 9.32 Å². The Kier molecular flexibility index (Phi) is 5.18. The number of aryl methyl sites for hydroxylation is 2. The van der Waals surface area contributed by atoms with Crippen LogP contribution in [0.5, 0.6) is 0 Å². The molecule has 3 aromatic rings. The second-order valence-corrected chi connectivity index (χ2v) is 6.90. The van der Waals surface area contributed by atoms with Crippen LogP contribution in [0.4, 0.5) is 5.82 Å². The van der Waals surface area contributed by atoms with Crippen LogP contribution in [0.3, 0.4) is 0 Å². The zero-order valence-electron chi connectivity index (χ0n) is 14.2. The first-order valence-electron chi connectivity index (χ1n) is 7.97. The zero-order valence-corrected chi connectivity index (χ0v) is 15.1. The third-order valence-corrected chi connectivity index (χ3v) is 4.59. The number of aromatic amines is 1. The van der Waals surface area contributed by atoms with E-state index in [1.165, 1.54) is 17.3 Å². The average molecular weight is 357 g/mol. The summed E-state index contributed by atoms with van der Waals surface area (Å²) in [7, 11) is 0. The van der Waals surface area contributed by atoms with E-state index in [2.05, 4.69) is 44.7 Å². The first-order valence-corrected chi connectivity index (χ1v) is 8.85. The number of hydrogen-bond acceptors (Lipinski definition) is 6. The maximum absolute atomic E-state index is 12.2. The number of carbonyl (C=O) groups excluding carboxylic acids is 1. The van der Waals surface area contributed by atoms with Crippen LogP contribution in [0, 0.1) is 6.92 Å². The molecule has 0 fully saturated rings. The Bertz CT molecular complexity index is 856. The Labute approximate surface area is 149 Å². The number of carbonyl (C=O) groups is 1. The molecule has 0 spiro atoms. The lowest BCUT2D eigenvalue weighted by atomic mass is 10.1. The molecule has 25 heavy (non-hydrogen) atoms. The molecule has 8 heteroatoms. The molecular formula is C17H19N5O2S. The van der Waals surface area contributed by atoms with Gasteiger partial charge in [0.2, 0.25) is 11.1 Å². The number of benzene rings is 1. The molecule has 2 N–H and O–H groups in total. The minimum absolute atomic E-state index is 0.183. The molecule has 0 unspecified atom stereocenters. The molecule has 0 aliphatic carbocycles. The van der Waals surface area contributed by atoms with Crippen LogP contribution >= 0.6 is 11.8 Å². The molecule has 0 saturated heterocycles. The van der Waals surface area contributed by atoms with Crippen molar-refractivity contribution in [2.75, 3.05) is 5.32 Å². The molecule has 0 aliphatic rings. The molecule has 3 rings (SSSR count). The standard InChI is InChI=1S/C17H19N5O2S/c1-4-12-5-7-13(8-6-12)15-19-17(21-20-15)25-11(3)16(23)18-14-9-10(2)24-22-14/h5-9,11H,4H2,1-3H3,(H,18,22,23)(H,19,20,21)/t11-/m1/s1. The number of nitrogens with zero attached hydrogens (tertiary/aromatic N) is 3. The van der Waals surface area contributed by atoms with Crippen molar-refractivity contribution in [2.24, 2.45) is 0 Å². The fraction of sp³-hybridized carbons (Fsp3) is 0.294. The minimum Gasteiger partial charge on any atom is -0.360 e. The van der Waals surface area contributed by atoms with Gasteiger partial charge in [-0.1, -0.05) is 48.1 Å². The molecule has 0 radical (unpaired) electrons. The Morgan fingerprint density at radius 1 is 1.36 bits per heavy atom. The van der Waals surface area contributed by atoms with Gasteiger partial charge in [-0.3, -0.25) is 9.89 Å². The van der Waals surface area contributed by atoms with Crippen molar-refractivity contribution in [3.8, 4) is 11.4 Å². The van der Waals surface area contributed by atoms with E-state index < -0.39 is 0 Å². The van der Waals surface area contributed by atoms with E-state index in [9.17, 15) is 4.79 Å². The lowest BCUT2D eigenvalue weighted by molar-refractivity contribution is -0.115. The molecule has 0 bridgehead atoms. The van der Waals surface area contributed by atoms with Crippen molar-refractivity contribution >= 4 is 23.5 Å². The molecule has 1 atom stereocenters. The van der Waals surface area contributed by atoms with Crippen molar-refractivity contribution in [1.82, 2.24) is 20.3 Å². The van der Waals surface area contributed by atoms with Gasteiger partial charge in [-0.05, 0) is 25.8 Å². The predicted octanol–water partition coefficient (Wildman–Crippen LogP) is 3.45. The smallest absolute Gasteiger partial charge is 0.238 e. The molecule has 130 valence electrons. The van der Waals surface area contributed by atoms with E-state index in [1.54, 1.807) is 19.9 Å². The number of anilines is 1. The molecule has 2 heterocycles. The summed E-state index contributed by atoms with van der Waals surface area (Å²) in [5, 5.41) is 13.7. The van der Waals surface area contributed by atoms with Gasteiger partial charge in [0.05, 0.1) is 5.25 Å². The van der Waals surface area contributed by atoms with Gasteiger partial charge in [-0.25, -0.2) is 4.98 Å². The summed E-state index contributed by atoms with van der Waals surface area (Å²) in [4.78, 5) is 16.6. The Morgan fingerprint density at radius 3 is 2.76 bits per heavy atom. The number of amides is 1. The van der Waals surface area contributed by atoms with Crippen LogP contribution in [0.1, 0.15) is 25.2 Å². The van der Waals surface area contributed by atoms with Gasteiger partial charge in [-0.2, -0.15) is 0 Å². The van der Waals surface area contributed by atoms with E-state index in [1.807, 2.05) is 12.1 Å². The lowest BCUT2D eigenvalue weighted by Gasteiger charge is -2.07. The average Bonchev–Trinajstić information content (AvgIpc) is 3.24. The molecule has 1 amide bonds. The largest absolute Gasteiger partial charge is 0.360 e. The number of aromatic nitrogens is 4. The summed E-state index contributed by atoms with van der Waals surface area (Å²) in [6, 6.07) is 9.83. The van der Waals surface area contributed by atoms with Gasteiger partial charge in [0.25, 0.3) is 0 Å². The van der Waals surface area contributed by atoms with Crippen molar-refractivity contribution in [3.63, 3.8) is 0 Å². The summed E-state index contributed by atoms with van der Waals surface area (Å²) in [6.07, 6.45) is 0.995. The summed E-state index contributed by atoms with van der Waals surface area (Å²) in [5.41, 5.74) is 2.23. The second-order valence-electron chi connectivity index (χ2n) is 5.59. The van der Waals surface area contributed by atoms with E-state index in [-0.39, 0.29) is 11.2 Å². The number of nitrogens with one attached hydrogen (secondary N) is 2. The minimum atomic E-state index is -0.372. The normalized spacial score (nSPS) is 12.1. The summed E-state index contributed by atoms with van der Waals surface area (Å²) >= 11 is 1.28. The predicted molar refractivity (Wildman–Crippen MR) is 96.4 cm³/mol. The highest BCUT2D eigenvalue weighted by molar-refractivity contribution is 8.00. The van der Waals surface area contributed by atoms with Crippen LogP contribution < -0.4 is 5.32 Å². The molecule has 0 saturated carbocycles. The first-order chi connectivity index (χ1) is 12.0. The van der Waals surface area contributed by atoms with Gasteiger partial charge in [0.15, 0.2) is 11.6 Å². The van der Waals surface area contributed by atoms with Crippen LogP contribution in [0.25, 0.3) is 11.4 Å². The van der Waals surface area contributed by atoms with Gasteiger partial charge in [0, 0.05) is 11.6 Å². The lowest BCUT2D eigenvalue weighted by Crippen LogP contribution is -2.22. The van der Waals surface area contributed by atoms with E-state index in [0.29, 0.717) is 22.6 Å². The Hall–Kier alpha value is -2.61. The Morgan fingerprint density at radius 2 is 2.12 bits per heavy atom. The number of hydrogen-bond donors (Lipinski definition) is 2. The molecule has 2 aromatic heterocycles. The van der Waals surface area contributed by atoms with Crippen molar-refractivity contribution in [1.29, 1.82) is 0 Å². The molecule has 7 nitrogen and oxygen atoms in total. The topological polar surface area (TPSA) is 96.7 Å². The number of thioether (sulfide) groups is 1. The van der Waals surface area contributed by atoms with Crippen LogP contribution in [0.2, 0.25) is 0 Å². The molecule has 1 aromatic carbocycles. The Balaban J connectivity index is 1.62. The van der Waals surface area contributed by atoms with Gasteiger partial charge < -0.3 is 9.84 Å². The summed E-state index contributed by atoms with van der Waals surface area (Å²) < 4.78 is 4.93. The molecule has 0 aliphatic heterocycles. The number of rotatable bonds is 6. The van der Waals surface area contributed by atoms with E-state index >= 15 is 0 Å². The third kappa shape index (κ3) is 4.27. The second kappa shape index (κ2) is 7.52. The van der Waals surface area contributed by atoms with Gasteiger partial charge >= 0.3 is 0 Å². The quantitative estimate of drug-likeness (QED) is 0.656. The van der Waals surface area contributed by atoms with Gasteiger partial charge in [-0.15, -0.1) is 5.10 Å². The maximum atomic E-state index is 12.2. The van der Waals surface area contributed by atoms with E-state index in [0.717, 1.165) is 12.0 Å². The van der Waals surface area contributed by atoms with Crippen molar-refractivity contribution in [2.45, 2.75) is 37.6 Å². The van der Waals surface area contributed by atoms with E-state index in [4.69, 9.17) is 4.52 Å². The van der Waals surface area contributed by atoms with Gasteiger partial charge in [0.1, 0.15) is 5.76 Å². The summed E-state index contributed by atoms with van der Waals surface area (Å²) in [6.45, 7) is 5.67. The molecular weight excluding hydrogens is 338 g/mol. The third-order valence-electron chi connectivity index (χ3n) is 3.63. The highest BCUT2D eigenvalue weighted by atomic mass is 32.2. The van der Waals surface area contributed by atoms with Crippen LogP contribution in [-0.4, -0.2) is 31.5 Å². The first kappa shape index (κ1) is 17.2. The van der Waals surface area contributed by atoms with Crippen LogP contribution in [0.15, 0.2) is 40.0 Å². The number of H-pyrrole nitrogens is 1. The SMILES string of the molecule is CCc1ccc(-c2nc(S[C@H](C)C(=O)Nc3cc(C)on3)n[nH]2)cc1. The zero-order chi connectivity index (χ0) is 17.8. The van der Waals surface area contributed by atoms with Crippen molar-refractivity contribution in [3.05, 3.63) is 41.7 Å². The highest BCUT2D eigenvalue weighted by Gasteiger charge is 2.18. The van der Waals surface area contributed by atoms with Crippen LogP contribution in [-0.2, 0) is 11.2 Å². The maximum Gasteiger partial charge on any atom is 0.238 e. The highest BCUT2D eigenvalue weighted by Crippen LogP contribution is 2.24. The fourth-order valence-corrected chi connectivity index (χ4v) is 2.92. The monoisotopic (exact) mass is 357 g/mol.